The highest BCUT2D eigenvalue weighted by atomic mass is 16.4. The molecule has 1 aliphatic carbocycles. The lowest BCUT2D eigenvalue weighted by Gasteiger charge is -2.18. The van der Waals surface area contributed by atoms with Gasteiger partial charge in [-0.1, -0.05) is 33.6 Å². The van der Waals surface area contributed by atoms with Crippen LogP contribution in [0.2, 0.25) is 0 Å². The summed E-state index contributed by atoms with van der Waals surface area (Å²) in [6.45, 7) is 6.71. The lowest BCUT2D eigenvalue weighted by atomic mass is 9.88. The van der Waals surface area contributed by atoms with Gasteiger partial charge in [-0.25, -0.2) is 0 Å². The van der Waals surface area contributed by atoms with Gasteiger partial charge in [-0.3, -0.25) is 4.79 Å². The van der Waals surface area contributed by atoms with Gasteiger partial charge in [-0.15, -0.1) is 0 Å². The maximum Gasteiger partial charge on any atom is 0.309 e. The van der Waals surface area contributed by atoms with E-state index in [9.17, 15) is 20.1 Å². The molecule has 1 fully saturated rings. The number of carboxylic acid groups (broad SMARTS) is 1. The molecule has 1 aromatic rings. The molecular formula is C22H34O4. The van der Waals surface area contributed by atoms with Gasteiger partial charge in [-0.2, -0.15) is 0 Å². The third-order valence-corrected chi connectivity index (χ3v) is 5.57. The van der Waals surface area contributed by atoms with Gasteiger partial charge in [0.1, 0.15) is 11.5 Å². The number of carboxylic acids is 1. The van der Waals surface area contributed by atoms with E-state index in [-0.39, 0.29) is 11.5 Å². The van der Waals surface area contributed by atoms with Crippen molar-refractivity contribution < 1.29 is 20.1 Å². The smallest absolute Gasteiger partial charge is 0.309 e. The first-order chi connectivity index (χ1) is 12.1. The normalized spacial score (nSPS) is 15.8. The summed E-state index contributed by atoms with van der Waals surface area (Å²) < 4.78 is 0. The Morgan fingerprint density at radius 3 is 2.27 bits per heavy atom. The quantitative estimate of drug-likeness (QED) is 0.485. The third kappa shape index (κ3) is 5.93. The fourth-order valence-electron chi connectivity index (χ4n) is 3.67. The lowest BCUT2D eigenvalue weighted by Crippen LogP contribution is -2.14. The molecule has 1 aromatic carbocycles. The molecule has 0 radical (unpaired) electrons. The number of phenolic OH excluding ortho intramolecular Hbond substituents is 2. The number of unbranched alkanes of at least 4 members (excludes halogenated alkanes) is 2. The first-order valence-corrected chi connectivity index (χ1v) is 9.90. The second kappa shape index (κ2) is 8.32. The van der Waals surface area contributed by atoms with Crippen molar-refractivity contribution in [1.29, 1.82) is 0 Å². The largest absolute Gasteiger partial charge is 0.508 e. The van der Waals surface area contributed by atoms with Crippen LogP contribution in [0.15, 0.2) is 12.1 Å². The molecular weight excluding hydrogens is 328 g/mol. The van der Waals surface area contributed by atoms with Crippen LogP contribution >= 0.6 is 0 Å². The molecule has 146 valence electrons. The van der Waals surface area contributed by atoms with Crippen molar-refractivity contribution in [3.63, 3.8) is 0 Å². The molecule has 0 bridgehead atoms. The number of hydrogen-bond acceptors (Lipinski definition) is 3. The molecule has 2 rings (SSSR count). The van der Waals surface area contributed by atoms with Crippen molar-refractivity contribution in [1.82, 2.24) is 0 Å². The lowest BCUT2D eigenvalue weighted by molar-refractivity contribution is -0.143. The summed E-state index contributed by atoms with van der Waals surface area (Å²) in [5.74, 6) is -0.382. The van der Waals surface area contributed by atoms with Gasteiger partial charge in [-0.05, 0) is 74.0 Å². The van der Waals surface area contributed by atoms with Crippen LogP contribution in [0.25, 0.3) is 0 Å². The van der Waals surface area contributed by atoms with Crippen LogP contribution in [0.4, 0.5) is 0 Å². The zero-order chi connectivity index (χ0) is 19.4. The summed E-state index contributed by atoms with van der Waals surface area (Å²) in [5.41, 5.74) is 1.80. The summed E-state index contributed by atoms with van der Waals surface area (Å²) in [4.78, 5) is 11.2. The van der Waals surface area contributed by atoms with E-state index in [0.717, 1.165) is 75.3 Å². The highest BCUT2D eigenvalue weighted by Gasteiger charge is 2.49. The molecule has 3 N–H and O–H groups in total. The van der Waals surface area contributed by atoms with E-state index in [0.29, 0.717) is 5.41 Å². The summed E-state index contributed by atoms with van der Waals surface area (Å²) in [6.07, 6.45) is 8.95. The molecule has 0 amide bonds. The Morgan fingerprint density at radius 2 is 1.69 bits per heavy atom. The van der Waals surface area contributed by atoms with Crippen molar-refractivity contribution in [3.8, 4) is 11.5 Å². The minimum absolute atomic E-state index is 0.0974. The molecule has 4 nitrogen and oxygen atoms in total. The van der Waals surface area contributed by atoms with Gasteiger partial charge < -0.3 is 15.3 Å². The van der Waals surface area contributed by atoms with Crippen molar-refractivity contribution >= 4 is 5.97 Å². The summed E-state index contributed by atoms with van der Waals surface area (Å²) >= 11 is 0. The SMILES string of the molecule is CC(C)(C)CCCCc1c(O)cc(O)cc1CCCCC1(C(=O)O)CC1. The highest BCUT2D eigenvalue weighted by Crippen LogP contribution is 2.50. The van der Waals surface area contributed by atoms with Crippen LogP contribution in [0.3, 0.4) is 0 Å². The Hall–Kier alpha value is -1.71. The maximum atomic E-state index is 11.2. The van der Waals surface area contributed by atoms with E-state index >= 15 is 0 Å². The Morgan fingerprint density at radius 1 is 1.04 bits per heavy atom. The topological polar surface area (TPSA) is 77.8 Å². The molecule has 0 heterocycles. The Bertz CT molecular complexity index is 624. The highest BCUT2D eigenvalue weighted by molar-refractivity contribution is 5.77. The van der Waals surface area contributed by atoms with Gasteiger partial charge in [0.05, 0.1) is 5.41 Å². The van der Waals surface area contributed by atoms with Crippen molar-refractivity contribution in [2.24, 2.45) is 10.8 Å². The van der Waals surface area contributed by atoms with Crippen LogP contribution in [0.1, 0.15) is 83.3 Å². The second-order valence-corrected chi connectivity index (χ2v) is 9.16. The van der Waals surface area contributed by atoms with Crippen LogP contribution in [0, 0.1) is 10.8 Å². The summed E-state index contributed by atoms with van der Waals surface area (Å²) in [7, 11) is 0. The first kappa shape index (κ1) is 20.6. The Labute approximate surface area is 157 Å². The Kier molecular flexibility index (Phi) is 6.59. The van der Waals surface area contributed by atoms with E-state index < -0.39 is 11.4 Å². The summed E-state index contributed by atoms with van der Waals surface area (Å²) in [6, 6.07) is 3.18. The molecule has 0 unspecified atom stereocenters. The number of aromatic hydroxyl groups is 2. The molecule has 1 aliphatic rings. The minimum atomic E-state index is -0.660. The minimum Gasteiger partial charge on any atom is -0.508 e. The van der Waals surface area contributed by atoms with Crippen molar-refractivity contribution in [2.75, 3.05) is 0 Å². The second-order valence-electron chi connectivity index (χ2n) is 9.16. The van der Waals surface area contributed by atoms with Crippen LogP contribution in [-0.2, 0) is 17.6 Å². The van der Waals surface area contributed by atoms with Gasteiger partial charge in [0.25, 0.3) is 0 Å². The first-order valence-electron chi connectivity index (χ1n) is 9.90. The maximum absolute atomic E-state index is 11.2. The monoisotopic (exact) mass is 362 g/mol. The van der Waals surface area contributed by atoms with Gasteiger partial charge >= 0.3 is 5.97 Å². The van der Waals surface area contributed by atoms with Crippen LogP contribution < -0.4 is 0 Å². The number of rotatable bonds is 10. The van der Waals surface area contributed by atoms with E-state index in [2.05, 4.69) is 20.8 Å². The predicted molar refractivity (Wildman–Crippen MR) is 104 cm³/mol. The van der Waals surface area contributed by atoms with E-state index in [1.165, 1.54) is 6.07 Å². The fourth-order valence-corrected chi connectivity index (χ4v) is 3.67. The molecule has 26 heavy (non-hydrogen) atoms. The number of aryl methyl sites for hydroxylation is 1. The van der Waals surface area contributed by atoms with Crippen LogP contribution in [0.5, 0.6) is 11.5 Å². The van der Waals surface area contributed by atoms with E-state index in [1.54, 1.807) is 6.07 Å². The zero-order valence-electron chi connectivity index (χ0n) is 16.5. The average Bonchev–Trinajstić information content (AvgIpc) is 3.30. The van der Waals surface area contributed by atoms with Gasteiger partial charge in [0.2, 0.25) is 0 Å². The predicted octanol–water partition coefficient (Wildman–Crippen LogP) is 5.43. The Balaban J connectivity index is 1.89. The standard InChI is InChI=1S/C22H34O4/c1-21(2,3)10-6-5-9-18-16(14-17(23)15-19(18)24)8-4-7-11-22(12-13-22)20(25)26/h14-15,23-24H,4-13H2,1-3H3,(H,25,26). The number of benzene rings is 1. The molecule has 0 atom stereocenters. The average molecular weight is 363 g/mol. The van der Waals surface area contributed by atoms with E-state index in [1.807, 2.05) is 0 Å². The number of hydrogen-bond donors (Lipinski definition) is 3. The van der Waals surface area contributed by atoms with Gasteiger partial charge in [0, 0.05) is 6.07 Å². The van der Waals surface area contributed by atoms with E-state index in [4.69, 9.17) is 0 Å². The number of carbonyl (C=O) groups is 1. The van der Waals surface area contributed by atoms with Gasteiger partial charge in [0.15, 0.2) is 0 Å². The molecule has 1 saturated carbocycles. The third-order valence-electron chi connectivity index (χ3n) is 5.57. The van der Waals surface area contributed by atoms with Crippen molar-refractivity contribution in [2.45, 2.75) is 85.0 Å². The van der Waals surface area contributed by atoms with Crippen molar-refractivity contribution in [3.05, 3.63) is 23.3 Å². The number of aliphatic carboxylic acids is 1. The zero-order valence-corrected chi connectivity index (χ0v) is 16.5. The molecule has 0 saturated heterocycles. The molecule has 4 heteroatoms. The number of phenols is 2. The molecule has 0 aliphatic heterocycles. The summed E-state index contributed by atoms with van der Waals surface area (Å²) in [5, 5.41) is 29.3. The van der Waals surface area contributed by atoms with Crippen LogP contribution in [-0.4, -0.2) is 21.3 Å². The fraction of sp³-hybridized carbons (Fsp3) is 0.682. The molecule has 0 aromatic heterocycles. The molecule has 0 spiro atoms.